The third-order valence-corrected chi connectivity index (χ3v) is 16.7. The Labute approximate surface area is 447 Å². The number of halogens is 2. The number of thiazole rings is 5. The Bertz CT molecular complexity index is 2350. The van der Waals surface area contributed by atoms with Gasteiger partial charge in [-0.05, 0) is 58.2 Å². The highest BCUT2D eigenvalue weighted by molar-refractivity contribution is 9.11. The van der Waals surface area contributed by atoms with E-state index in [-0.39, 0.29) is 41.8 Å². The molecule has 0 aliphatic carbocycles. The van der Waals surface area contributed by atoms with E-state index in [4.69, 9.17) is 16.1 Å². The highest BCUT2D eigenvalue weighted by atomic mass is 79.9. The van der Waals surface area contributed by atoms with E-state index in [0.717, 1.165) is 144 Å². The molecule has 0 unspecified atom stereocenters. The molecule has 389 valence electrons. The highest BCUT2D eigenvalue weighted by Gasteiger charge is 2.22. The Morgan fingerprint density at radius 1 is 0.614 bits per heavy atom. The molecule has 11 heterocycles. The van der Waals surface area contributed by atoms with Crippen molar-refractivity contribution in [3.63, 3.8) is 0 Å². The van der Waals surface area contributed by atoms with Crippen LogP contribution >= 0.6 is 72.6 Å². The van der Waals surface area contributed by atoms with Crippen molar-refractivity contribution in [2.45, 2.75) is 99.9 Å². The van der Waals surface area contributed by atoms with Crippen LogP contribution in [0.25, 0.3) is 0 Å². The van der Waals surface area contributed by atoms with E-state index in [1.54, 1.807) is 34.0 Å². The number of likely N-dealkylation sites (N-methyl/N-ethyl adjacent to an activating group) is 5. The van der Waals surface area contributed by atoms with Crippen LogP contribution in [0.1, 0.15) is 104 Å². The van der Waals surface area contributed by atoms with Crippen LogP contribution in [0.15, 0.2) is 9.43 Å². The van der Waals surface area contributed by atoms with Crippen LogP contribution in [0, 0.1) is 11.3 Å². The Hall–Kier alpha value is -3.19. The number of rotatable bonds is 1. The fraction of sp³-hybridized carbons (Fsp3) is 0.609. The number of nitrogen functional groups attached to an aromatic ring is 1. The number of likely N-dealkylation sites (tertiary alicyclic amines) is 1. The standard InChI is InChI=1S/C8H9N3S.C8H10N2O2S.C7H9BrN2S.C7H11N3S.C7H10N2S.C6H11NO.3CH4.B.FH.H2/c1-11-3-2-6-7(5-11)12-8(4-9)10-6;1-10-3-2-5-6(4-10)13-7(9-5)8(11)12;2*1-10-3-2-5-6(4-10)11-7(8)9-5;1-9-3-2-6-7(4-9)10-5-8-6;1-7-4-2-6(8)3-5-7;;;;;;/h2-3,5H2,1H3;2-4H2,1H3,(H,11,12);2-4H2,1H3;2-4H2,1H3,(H2,8,9);5H,2-4H2,1H3;2-5H2,1H3;3*1H4;;2*1H/i;;;;;;;;;;;1+1. The topological polar surface area (TPSA) is 188 Å². The number of hydrogen-bond acceptors (Lipinski definition) is 20. The minimum atomic E-state index is -0.915. The first-order valence-electron chi connectivity index (χ1n) is 21.6. The molecule has 0 bridgehead atoms. The molecule has 0 aromatic carbocycles. The lowest BCUT2D eigenvalue weighted by atomic mass is 10.1. The molecule has 24 heteroatoms. The molecule has 6 aliphatic heterocycles. The fourth-order valence-corrected chi connectivity index (χ4v) is 13.1. The van der Waals surface area contributed by atoms with Crippen molar-refractivity contribution < 1.29 is 20.8 Å². The number of nitriles is 1. The summed E-state index contributed by atoms with van der Waals surface area (Å²) in [7, 11) is 12.6. The molecule has 0 amide bonds. The summed E-state index contributed by atoms with van der Waals surface area (Å²) < 4.78 is 1.03. The lowest BCUT2D eigenvalue weighted by molar-refractivity contribution is -0.121. The number of piperidine rings is 1. The number of carbonyl (C=O) groups excluding carboxylic acids is 1. The average Bonchev–Trinajstić information content (AvgIpc) is 4.12. The largest absolute Gasteiger partial charge is 0.476 e. The van der Waals surface area contributed by atoms with E-state index >= 15 is 0 Å². The minimum Gasteiger partial charge on any atom is -0.476 e. The first kappa shape index (κ1) is 64.8. The predicted molar refractivity (Wildman–Crippen MR) is 297 cm³/mol. The molecule has 1 saturated heterocycles. The van der Waals surface area contributed by atoms with Gasteiger partial charge in [-0.2, -0.15) is 5.26 Å². The summed E-state index contributed by atoms with van der Waals surface area (Å²) >= 11 is 11.4. The molecule has 0 saturated carbocycles. The van der Waals surface area contributed by atoms with Crippen molar-refractivity contribution in [1.29, 1.82) is 5.26 Å². The van der Waals surface area contributed by atoms with Crippen LogP contribution in [0.5, 0.6) is 0 Å². The molecule has 1 fully saturated rings. The van der Waals surface area contributed by atoms with Crippen LogP contribution in [0.4, 0.5) is 9.84 Å². The maximum absolute atomic E-state index is 10.6. The monoisotopic (exact) mass is 1130 g/mol. The lowest BCUT2D eigenvalue weighted by Crippen LogP contribution is -2.29. The zero-order valence-corrected chi connectivity index (χ0v) is 44.8. The van der Waals surface area contributed by atoms with Gasteiger partial charge in [0, 0.05) is 158 Å². The third kappa shape index (κ3) is 19.7. The molecule has 3 radical (unpaired) electrons. The number of carbonyl (C=O) groups is 2. The number of anilines is 1. The third-order valence-electron chi connectivity index (χ3n) is 11.4. The van der Waals surface area contributed by atoms with Gasteiger partial charge in [-0.3, -0.25) is 9.50 Å². The maximum Gasteiger partial charge on any atom is 0.365 e. The number of fused-ring (bicyclic) bond motifs is 5. The van der Waals surface area contributed by atoms with Gasteiger partial charge >= 0.3 is 5.97 Å². The lowest BCUT2D eigenvalue weighted by Gasteiger charge is -2.20. The quantitative estimate of drug-likeness (QED) is 0.155. The van der Waals surface area contributed by atoms with Gasteiger partial charge in [0.15, 0.2) is 14.1 Å². The number of aromatic nitrogens is 5. The zero-order chi connectivity index (χ0) is 46.6. The van der Waals surface area contributed by atoms with Crippen molar-refractivity contribution in [2.24, 2.45) is 0 Å². The summed E-state index contributed by atoms with van der Waals surface area (Å²) in [5.41, 5.74) is 13.5. The fourth-order valence-electron chi connectivity index (χ4n) is 7.54. The minimum absolute atomic E-state index is 0. The molecule has 70 heavy (non-hydrogen) atoms. The van der Waals surface area contributed by atoms with E-state index in [9.17, 15) is 9.59 Å². The maximum atomic E-state index is 10.6. The van der Waals surface area contributed by atoms with Crippen molar-refractivity contribution in [1.82, 2.24) is 54.3 Å². The molecule has 6 aliphatic rings. The number of carboxylic acids is 1. The van der Waals surface area contributed by atoms with Gasteiger partial charge in [-0.1, -0.05) is 22.3 Å². The molecule has 5 aromatic heterocycles. The Kier molecular flexibility index (Phi) is 29.1. The number of aromatic carboxylic acids is 1. The SMILES string of the molecule is C.C.C.CN1CCC(=O)CC1.CN1CCc2nc(Br)sc2C1.CN1CCc2nc(C#N)sc2C1.CN1CCc2nc(C(=O)O)sc2C1.CN1CCc2nc(N)sc2C1.CN1CCc2ncsc2C1.F.[2HH].[B]. The van der Waals surface area contributed by atoms with Gasteiger partial charge in [0.1, 0.15) is 11.9 Å². The summed E-state index contributed by atoms with van der Waals surface area (Å²) in [5.74, 6) is -0.495. The van der Waals surface area contributed by atoms with Gasteiger partial charge in [0.25, 0.3) is 0 Å². The molecule has 16 nitrogen and oxygen atoms in total. The van der Waals surface area contributed by atoms with E-state index in [1.165, 1.54) is 59.3 Å². The molecule has 0 spiro atoms. The van der Waals surface area contributed by atoms with Gasteiger partial charge in [-0.25, -0.2) is 29.7 Å². The van der Waals surface area contributed by atoms with Crippen molar-refractivity contribution in [2.75, 3.05) is 93.8 Å². The van der Waals surface area contributed by atoms with Crippen LogP contribution in [0.2, 0.25) is 0 Å². The average molecular weight is 1130 g/mol. The second-order valence-corrected chi connectivity index (χ2v) is 23.5. The predicted octanol–water partition coefficient (Wildman–Crippen LogP) is 7.78. The first-order chi connectivity index (χ1) is 31.1. The Balaban J connectivity index is 0.000000818. The number of nitrogens with two attached hydrogens (primary N) is 1. The van der Waals surface area contributed by atoms with Crippen molar-refractivity contribution in [3.8, 4) is 6.07 Å². The van der Waals surface area contributed by atoms with Crippen LogP contribution in [-0.2, 0) is 69.6 Å². The van der Waals surface area contributed by atoms with Gasteiger partial charge in [0.2, 0.25) is 5.01 Å². The molecule has 3 N–H and O–H groups in total. The van der Waals surface area contributed by atoms with E-state index in [2.05, 4.69) is 105 Å². The van der Waals surface area contributed by atoms with Crippen molar-refractivity contribution >= 4 is 97.9 Å². The highest BCUT2D eigenvalue weighted by Crippen LogP contribution is 2.29. The second-order valence-electron chi connectivity index (χ2n) is 17.0. The summed E-state index contributed by atoms with van der Waals surface area (Å²) in [6, 6.07) is 2.09. The molecule has 0 atom stereocenters. The number of ketones is 1. The summed E-state index contributed by atoms with van der Waals surface area (Å²) in [5, 5.41) is 18.9. The second kappa shape index (κ2) is 31.4. The Morgan fingerprint density at radius 3 is 1.50 bits per heavy atom. The molecule has 11 rings (SSSR count). The summed E-state index contributed by atoms with van der Waals surface area (Å²) in [6.07, 6.45) is 6.68. The van der Waals surface area contributed by atoms with Crippen LogP contribution in [-0.4, -0.2) is 168 Å². The number of nitrogens with zero attached hydrogens (tertiary/aromatic N) is 12. The normalized spacial score (nSPS) is 17.3. The summed E-state index contributed by atoms with van der Waals surface area (Å²) in [4.78, 5) is 62.6. The summed E-state index contributed by atoms with van der Waals surface area (Å²) in [6.45, 7) is 12.3. The van der Waals surface area contributed by atoms with Crippen molar-refractivity contribution in [3.05, 3.63) is 72.3 Å². The zero-order valence-electron chi connectivity index (χ0n) is 39.1. The van der Waals surface area contributed by atoms with Gasteiger partial charge < -0.3 is 40.2 Å². The smallest absolute Gasteiger partial charge is 0.365 e. The van der Waals surface area contributed by atoms with E-state index in [1.807, 2.05) is 19.6 Å². The number of hydrogen-bond donors (Lipinski definition) is 2. The molecular formula is C46H75BBrFN13O3S5. The van der Waals surface area contributed by atoms with Gasteiger partial charge in [-0.15, -0.1) is 56.7 Å². The van der Waals surface area contributed by atoms with E-state index < -0.39 is 5.97 Å². The molecule has 5 aromatic rings. The Morgan fingerprint density at radius 2 is 1.01 bits per heavy atom. The first-order valence-corrected chi connectivity index (χ1v) is 26.6. The van der Waals surface area contributed by atoms with Crippen LogP contribution in [0.3, 0.4) is 0 Å². The van der Waals surface area contributed by atoms with Crippen LogP contribution < -0.4 is 5.73 Å². The molecular weight excluding hydrogens is 1050 g/mol. The number of Topliss-reactive ketones (excluding diaryl/α,β-unsaturated/α-hetero) is 1. The van der Waals surface area contributed by atoms with E-state index in [0.29, 0.717) is 15.9 Å². The number of carboxylic acid groups (broad SMARTS) is 1. The van der Waals surface area contributed by atoms with Gasteiger partial charge in [0.05, 0.1) is 34.0 Å².